The van der Waals surface area contributed by atoms with Gasteiger partial charge in [0.25, 0.3) is 0 Å². The zero-order valence-electron chi connectivity index (χ0n) is 15.9. The van der Waals surface area contributed by atoms with E-state index in [-0.39, 0.29) is 5.91 Å². The quantitative estimate of drug-likeness (QED) is 0.666. The largest absolute Gasteiger partial charge is 0.325 e. The first-order valence-corrected chi connectivity index (χ1v) is 11.2. The minimum Gasteiger partial charge on any atom is -0.325 e. The third-order valence-corrected chi connectivity index (χ3v) is 6.58. The lowest BCUT2D eigenvalue weighted by Crippen LogP contribution is -2.48. The highest BCUT2D eigenvalue weighted by Gasteiger charge is 2.20. The Morgan fingerprint density at radius 2 is 1.82 bits per heavy atom. The van der Waals surface area contributed by atoms with Crippen molar-refractivity contribution in [2.24, 2.45) is 0 Å². The lowest BCUT2D eigenvalue weighted by Gasteiger charge is -2.33. The number of piperazine rings is 1. The van der Waals surface area contributed by atoms with Crippen LogP contribution < -0.4 is 5.32 Å². The van der Waals surface area contributed by atoms with E-state index in [4.69, 9.17) is 4.98 Å². The maximum absolute atomic E-state index is 12.3. The van der Waals surface area contributed by atoms with Gasteiger partial charge in [0.15, 0.2) is 0 Å². The van der Waals surface area contributed by atoms with Gasteiger partial charge in [0.2, 0.25) is 5.91 Å². The number of thiazole rings is 1. The highest BCUT2D eigenvalue weighted by atomic mass is 32.1. The normalized spacial score (nSPS) is 15.6. The molecule has 1 saturated heterocycles. The molecule has 3 aromatic rings. The van der Waals surface area contributed by atoms with Crippen molar-refractivity contribution in [3.8, 4) is 10.6 Å². The summed E-state index contributed by atoms with van der Waals surface area (Å²) >= 11 is 3.46. The number of nitrogens with one attached hydrogen (secondary N) is 1. The molecular formula is C21H24N4OS2. The average Bonchev–Trinajstić information content (AvgIpc) is 3.37. The van der Waals surface area contributed by atoms with E-state index in [1.54, 1.807) is 22.7 Å². The molecule has 0 aliphatic carbocycles. The molecule has 0 atom stereocenters. The summed E-state index contributed by atoms with van der Waals surface area (Å²) in [5.74, 6) is 0.0535. The molecule has 0 radical (unpaired) electrons. The predicted molar refractivity (Wildman–Crippen MR) is 117 cm³/mol. The molecule has 7 heteroatoms. The smallest absolute Gasteiger partial charge is 0.238 e. The van der Waals surface area contributed by atoms with Gasteiger partial charge in [0.1, 0.15) is 5.01 Å². The van der Waals surface area contributed by atoms with Crippen LogP contribution in [0.1, 0.15) is 10.6 Å². The van der Waals surface area contributed by atoms with Crippen LogP contribution in [0.5, 0.6) is 0 Å². The van der Waals surface area contributed by atoms with E-state index in [1.165, 1.54) is 10.4 Å². The standard InChI is InChI=1S/C21H24N4OS2/c1-16-4-6-17(7-5-16)22-20(26)13-24-8-10-25(11-9-24)14-21-23-18(15-28-21)19-3-2-12-27-19/h2-7,12,15H,8-11,13-14H2,1H3,(H,22,26). The second-order valence-electron chi connectivity index (χ2n) is 7.07. The highest BCUT2D eigenvalue weighted by Crippen LogP contribution is 2.26. The first-order valence-electron chi connectivity index (χ1n) is 9.45. The second-order valence-corrected chi connectivity index (χ2v) is 8.96. The summed E-state index contributed by atoms with van der Waals surface area (Å²) in [7, 11) is 0. The van der Waals surface area contributed by atoms with Gasteiger partial charge in [0, 0.05) is 37.2 Å². The van der Waals surface area contributed by atoms with E-state index in [0.717, 1.165) is 49.1 Å². The number of hydrogen-bond acceptors (Lipinski definition) is 6. The Bertz CT molecular complexity index is 897. The molecule has 28 heavy (non-hydrogen) atoms. The van der Waals surface area contributed by atoms with Crippen LogP contribution in [0.4, 0.5) is 5.69 Å². The number of thiophene rings is 1. The molecule has 4 rings (SSSR count). The van der Waals surface area contributed by atoms with Crippen LogP contribution >= 0.6 is 22.7 Å². The van der Waals surface area contributed by atoms with Gasteiger partial charge in [-0.15, -0.1) is 22.7 Å². The fourth-order valence-corrected chi connectivity index (χ4v) is 4.85. The summed E-state index contributed by atoms with van der Waals surface area (Å²) in [6, 6.07) is 12.1. The van der Waals surface area contributed by atoms with Crippen molar-refractivity contribution in [2.45, 2.75) is 13.5 Å². The van der Waals surface area contributed by atoms with Gasteiger partial charge in [-0.1, -0.05) is 23.8 Å². The Morgan fingerprint density at radius 1 is 1.07 bits per heavy atom. The van der Waals surface area contributed by atoms with Crippen molar-refractivity contribution < 1.29 is 4.79 Å². The summed E-state index contributed by atoms with van der Waals surface area (Å²) in [5, 5.41) is 8.37. The van der Waals surface area contributed by atoms with Crippen LogP contribution in [0.25, 0.3) is 10.6 Å². The molecule has 1 aromatic carbocycles. The van der Waals surface area contributed by atoms with Crippen LogP contribution in [0.2, 0.25) is 0 Å². The van der Waals surface area contributed by atoms with Gasteiger partial charge in [-0.05, 0) is 30.5 Å². The molecule has 1 aliphatic rings. The molecule has 0 bridgehead atoms. The van der Waals surface area contributed by atoms with Crippen LogP contribution in [0.3, 0.4) is 0 Å². The number of aryl methyl sites for hydroxylation is 1. The van der Waals surface area contributed by atoms with Gasteiger partial charge in [-0.25, -0.2) is 4.98 Å². The van der Waals surface area contributed by atoms with Crippen LogP contribution in [0.15, 0.2) is 47.2 Å². The Balaban J connectivity index is 1.22. The van der Waals surface area contributed by atoms with Crippen molar-refractivity contribution in [1.29, 1.82) is 0 Å². The Morgan fingerprint density at radius 3 is 2.54 bits per heavy atom. The lowest BCUT2D eigenvalue weighted by atomic mass is 10.2. The SMILES string of the molecule is Cc1ccc(NC(=O)CN2CCN(Cc3nc(-c4cccs4)cs3)CC2)cc1. The molecule has 1 aliphatic heterocycles. The monoisotopic (exact) mass is 412 g/mol. The maximum Gasteiger partial charge on any atom is 0.238 e. The Labute approximate surface area is 173 Å². The summed E-state index contributed by atoms with van der Waals surface area (Å²) in [6.45, 7) is 7.12. The third-order valence-electron chi connectivity index (χ3n) is 4.85. The number of anilines is 1. The molecule has 1 fully saturated rings. The molecule has 5 nitrogen and oxygen atoms in total. The molecule has 2 aromatic heterocycles. The van der Waals surface area contributed by atoms with Crippen molar-refractivity contribution in [3.05, 3.63) is 57.7 Å². The summed E-state index contributed by atoms with van der Waals surface area (Å²) in [5.41, 5.74) is 3.14. The molecular weight excluding hydrogens is 388 g/mol. The topological polar surface area (TPSA) is 48.5 Å². The minimum absolute atomic E-state index is 0.0535. The first kappa shape index (κ1) is 19.3. The first-order chi connectivity index (χ1) is 13.7. The van der Waals surface area contributed by atoms with E-state index >= 15 is 0 Å². The van der Waals surface area contributed by atoms with E-state index in [1.807, 2.05) is 31.2 Å². The maximum atomic E-state index is 12.3. The number of benzene rings is 1. The number of hydrogen-bond donors (Lipinski definition) is 1. The summed E-state index contributed by atoms with van der Waals surface area (Å²) in [4.78, 5) is 22.9. The fourth-order valence-electron chi connectivity index (χ4n) is 3.26. The van der Waals surface area contributed by atoms with E-state index in [9.17, 15) is 4.79 Å². The van der Waals surface area contributed by atoms with Crippen molar-refractivity contribution >= 4 is 34.3 Å². The summed E-state index contributed by atoms with van der Waals surface area (Å²) in [6.07, 6.45) is 0. The van der Waals surface area contributed by atoms with Gasteiger partial charge in [-0.3, -0.25) is 14.6 Å². The van der Waals surface area contributed by atoms with Gasteiger partial charge < -0.3 is 5.32 Å². The third kappa shape index (κ3) is 5.05. The summed E-state index contributed by atoms with van der Waals surface area (Å²) < 4.78 is 0. The number of amides is 1. The molecule has 1 N–H and O–H groups in total. The molecule has 1 amide bonds. The number of carbonyl (C=O) groups is 1. The van der Waals surface area contributed by atoms with Gasteiger partial charge in [0.05, 0.1) is 23.7 Å². The molecule has 3 heterocycles. The van der Waals surface area contributed by atoms with Crippen LogP contribution in [-0.4, -0.2) is 53.4 Å². The number of nitrogens with zero attached hydrogens (tertiary/aromatic N) is 3. The highest BCUT2D eigenvalue weighted by molar-refractivity contribution is 7.14. The number of carbonyl (C=O) groups excluding carboxylic acids is 1. The fraction of sp³-hybridized carbons (Fsp3) is 0.333. The lowest BCUT2D eigenvalue weighted by molar-refractivity contribution is -0.117. The zero-order valence-corrected chi connectivity index (χ0v) is 17.6. The van der Waals surface area contributed by atoms with Gasteiger partial charge in [-0.2, -0.15) is 0 Å². The second kappa shape index (κ2) is 8.96. The van der Waals surface area contributed by atoms with Crippen molar-refractivity contribution in [2.75, 3.05) is 38.0 Å². The molecule has 0 saturated carbocycles. The van der Waals surface area contributed by atoms with Crippen LogP contribution in [-0.2, 0) is 11.3 Å². The molecule has 0 spiro atoms. The Kier molecular flexibility index (Phi) is 6.17. The Hall–Kier alpha value is -2.06. The van der Waals surface area contributed by atoms with Crippen molar-refractivity contribution in [3.63, 3.8) is 0 Å². The van der Waals surface area contributed by atoms with E-state index < -0.39 is 0 Å². The zero-order chi connectivity index (χ0) is 19.3. The van der Waals surface area contributed by atoms with E-state index in [2.05, 4.69) is 38.0 Å². The van der Waals surface area contributed by atoms with E-state index in [0.29, 0.717) is 6.54 Å². The number of aromatic nitrogens is 1. The molecule has 0 unspecified atom stereocenters. The predicted octanol–water partition coefficient (Wildman–Crippen LogP) is 3.94. The van der Waals surface area contributed by atoms with Crippen LogP contribution in [0, 0.1) is 6.92 Å². The van der Waals surface area contributed by atoms with Crippen molar-refractivity contribution in [1.82, 2.24) is 14.8 Å². The average molecular weight is 413 g/mol. The molecule has 146 valence electrons. The number of rotatable bonds is 6. The van der Waals surface area contributed by atoms with Gasteiger partial charge >= 0.3 is 0 Å². The minimum atomic E-state index is 0.0535.